The SMILES string of the molecule is O=C(CC1CCOCC1)N1CC[C@H](Cc2cccc(F)c2)[C@@H](O)C1. The summed E-state index contributed by atoms with van der Waals surface area (Å²) in [6, 6.07) is 6.54. The van der Waals surface area contributed by atoms with Gasteiger partial charge >= 0.3 is 0 Å². The Morgan fingerprint density at radius 1 is 1.29 bits per heavy atom. The number of piperidine rings is 1. The number of hydrogen-bond donors (Lipinski definition) is 1. The summed E-state index contributed by atoms with van der Waals surface area (Å²) in [5.74, 6) is 0.392. The molecule has 0 unspecified atom stereocenters. The number of ether oxygens (including phenoxy) is 1. The third-order valence-electron chi connectivity index (χ3n) is 5.27. The van der Waals surface area contributed by atoms with Crippen molar-refractivity contribution in [1.82, 2.24) is 4.90 Å². The first kappa shape index (κ1) is 17.4. The quantitative estimate of drug-likeness (QED) is 0.919. The monoisotopic (exact) mass is 335 g/mol. The van der Waals surface area contributed by atoms with Gasteiger partial charge in [-0.3, -0.25) is 4.79 Å². The number of hydrogen-bond acceptors (Lipinski definition) is 3. The zero-order chi connectivity index (χ0) is 16.9. The van der Waals surface area contributed by atoms with Crippen LogP contribution in [0, 0.1) is 17.7 Å². The van der Waals surface area contributed by atoms with Gasteiger partial charge in [0.1, 0.15) is 5.82 Å². The molecule has 2 aliphatic heterocycles. The molecule has 2 saturated heterocycles. The van der Waals surface area contributed by atoms with E-state index >= 15 is 0 Å². The molecule has 2 heterocycles. The first-order valence-electron chi connectivity index (χ1n) is 8.90. The van der Waals surface area contributed by atoms with Gasteiger partial charge in [0.15, 0.2) is 0 Å². The number of benzene rings is 1. The van der Waals surface area contributed by atoms with Crippen molar-refractivity contribution in [3.05, 3.63) is 35.6 Å². The molecule has 0 spiro atoms. The van der Waals surface area contributed by atoms with Crippen molar-refractivity contribution in [2.24, 2.45) is 11.8 Å². The van der Waals surface area contributed by atoms with Crippen LogP contribution in [0.25, 0.3) is 0 Å². The molecule has 2 fully saturated rings. The zero-order valence-corrected chi connectivity index (χ0v) is 14.0. The molecule has 0 aromatic heterocycles. The number of β-amino-alcohol motifs (C(OH)–C–C–N with tert-alkyl or cyclic N) is 1. The van der Waals surface area contributed by atoms with Crippen molar-refractivity contribution in [3.63, 3.8) is 0 Å². The molecule has 0 radical (unpaired) electrons. The maximum atomic E-state index is 13.3. The fraction of sp³-hybridized carbons (Fsp3) is 0.632. The highest BCUT2D eigenvalue weighted by Gasteiger charge is 2.31. The smallest absolute Gasteiger partial charge is 0.222 e. The summed E-state index contributed by atoms with van der Waals surface area (Å²) in [4.78, 5) is 14.2. The predicted molar refractivity (Wildman–Crippen MR) is 89.0 cm³/mol. The van der Waals surface area contributed by atoms with Crippen LogP contribution in [-0.2, 0) is 16.0 Å². The summed E-state index contributed by atoms with van der Waals surface area (Å²) in [6.07, 6.45) is 3.33. The van der Waals surface area contributed by atoms with Crippen LogP contribution in [0.3, 0.4) is 0 Å². The van der Waals surface area contributed by atoms with E-state index in [0.717, 1.165) is 38.0 Å². The lowest BCUT2D eigenvalue weighted by Crippen LogP contribution is -2.47. The second-order valence-electron chi connectivity index (χ2n) is 7.05. The summed E-state index contributed by atoms with van der Waals surface area (Å²) >= 11 is 0. The molecule has 4 nitrogen and oxygen atoms in total. The normalized spacial score (nSPS) is 25.7. The highest BCUT2D eigenvalue weighted by molar-refractivity contribution is 5.76. The lowest BCUT2D eigenvalue weighted by molar-refractivity contribution is -0.137. The molecule has 1 amide bonds. The van der Waals surface area contributed by atoms with Gasteiger partial charge in [0.25, 0.3) is 0 Å². The van der Waals surface area contributed by atoms with Crippen LogP contribution >= 0.6 is 0 Å². The van der Waals surface area contributed by atoms with Crippen LogP contribution in [0.4, 0.5) is 4.39 Å². The van der Waals surface area contributed by atoms with Gasteiger partial charge in [-0.05, 0) is 55.2 Å². The number of rotatable bonds is 4. The van der Waals surface area contributed by atoms with Crippen molar-refractivity contribution in [2.45, 2.75) is 38.2 Å². The number of carbonyl (C=O) groups is 1. The van der Waals surface area contributed by atoms with Gasteiger partial charge in [-0.25, -0.2) is 4.39 Å². The van der Waals surface area contributed by atoms with E-state index in [0.29, 0.717) is 31.8 Å². The Balaban J connectivity index is 1.50. The molecular formula is C19H26FNO3. The van der Waals surface area contributed by atoms with E-state index in [4.69, 9.17) is 4.74 Å². The molecule has 24 heavy (non-hydrogen) atoms. The number of aliphatic hydroxyl groups excluding tert-OH is 1. The summed E-state index contributed by atoms with van der Waals surface area (Å²) in [5.41, 5.74) is 0.904. The molecule has 2 atom stereocenters. The average Bonchev–Trinajstić information content (AvgIpc) is 2.57. The minimum atomic E-state index is -0.541. The minimum Gasteiger partial charge on any atom is -0.391 e. The summed E-state index contributed by atoms with van der Waals surface area (Å²) < 4.78 is 18.6. The molecule has 0 bridgehead atoms. The summed E-state index contributed by atoms with van der Waals surface area (Å²) in [7, 11) is 0. The summed E-state index contributed by atoms with van der Waals surface area (Å²) in [6.45, 7) is 2.56. The maximum Gasteiger partial charge on any atom is 0.222 e. The van der Waals surface area contributed by atoms with Crippen molar-refractivity contribution in [3.8, 4) is 0 Å². The lowest BCUT2D eigenvalue weighted by Gasteiger charge is -2.37. The van der Waals surface area contributed by atoms with Gasteiger partial charge in [0, 0.05) is 32.7 Å². The molecule has 132 valence electrons. The molecule has 0 saturated carbocycles. The fourth-order valence-electron chi connectivity index (χ4n) is 3.74. The highest BCUT2D eigenvalue weighted by Crippen LogP contribution is 2.25. The van der Waals surface area contributed by atoms with Crippen molar-refractivity contribution >= 4 is 5.91 Å². The van der Waals surface area contributed by atoms with E-state index in [9.17, 15) is 14.3 Å². The molecule has 1 aromatic carbocycles. The molecule has 1 aromatic rings. The Labute approximate surface area is 142 Å². The standard InChI is InChI=1S/C19H26FNO3/c20-17-3-1-2-15(11-17)10-16-4-7-21(13-18(16)22)19(23)12-14-5-8-24-9-6-14/h1-3,11,14,16,18,22H,4-10,12-13H2/t16-,18+/m1/s1. The van der Waals surface area contributed by atoms with Gasteiger partial charge in [-0.2, -0.15) is 0 Å². The van der Waals surface area contributed by atoms with E-state index in [1.807, 2.05) is 6.07 Å². The predicted octanol–water partition coefficient (Wildman–Crippen LogP) is 2.39. The number of halogens is 1. The van der Waals surface area contributed by atoms with Crippen molar-refractivity contribution in [2.75, 3.05) is 26.3 Å². The van der Waals surface area contributed by atoms with Crippen LogP contribution in [0.15, 0.2) is 24.3 Å². The highest BCUT2D eigenvalue weighted by atomic mass is 19.1. The number of carbonyl (C=O) groups excluding carboxylic acids is 1. The van der Waals surface area contributed by atoms with Gasteiger partial charge in [-0.15, -0.1) is 0 Å². The Morgan fingerprint density at radius 2 is 2.08 bits per heavy atom. The molecular weight excluding hydrogens is 309 g/mol. The lowest BCUT2D eigenvalue weighted by atomic mass is 9.87. The number of nitrogens with zero attached hydrogens (tertiary/aromatic N) is 1. The Hall–Kier alpha value is -1.46. The van der Waals surface area contributed by atoms with Gasteiger partial charge < -0.3 is 14.7 Å². The largest absolute Gasteiger partial charge is 0.391 e. The number of amides is 1. The zero-order valence-electron chi connectivity index (χ0n) is 14.0. The van der Waals surface area contributed by atoms with Crippen LogP contribution in [-0.4, -0.2) is 48.3 Å². The molecule has 0 aliphatic carbocycles. The molecule has 3 rings (SSSR count). The summed E-state index contributed by atoms with van der Waals surface area (Å²) in [5, 5.41) is 10.4. The second-order valence-corrected chi connectivity index (χ2v) is 7.05. The Morgan fingerprint density at radius 3 is 2.79 bits per heavy atom. The number of aliphatic hydroxyl groups is 1. The second kappa shape index (κ2) is 8.08. The maximum absolute atomic E-state index is 13.3. The van der Waals surface area contributed by atoms with E-state index in [-0.39, 0.29) is 17.6 Å². The Bertz CT molecular complexity index is 559. The molecule has 5 heteroatoms. The van der Waals surface area contributed by atoms with E-state index < -0.39 is 6.10 Å². The molecule has 2 aliphatic rings. The van der Waals surface area contributed by atoms with Gasteiger partial charge in [0.2, 0.25) is 5.91 Å². The number of likely N-dealkylation sites (tertiary alicyclic amines) is 1. The first-order chi connectivity index (χ1) is 11.6. The van der Waals surface area contributed by atoms with E-state index in [1.165, 1.54) is 12.1 Å². The van der Waals surface area contributed by atoms with Gasteiger partial charge in [0.05, 0.1) is 6.10 Å². The van der Waals surface area contributed by atoms with Crippen LogP contribution < -0.4 is 0 Å². The first-order valence-corrected chi connectivity index (χ1v) is 8.90. The molecule has 1 N–H and O–H groups in total. The fourth-order valence-corrected chi connectivity index (χ4v) is 3.74. The van der Waals surface area contributed by atoms with E-state index in [2.05, 4.69) is 0 Å². The van der Waals surface area contributed by atoms with Crippen LogP contribution in [0.1, 0.15) is 31.2 Å². The van der Waals surface area contributed by atoms with Gasteiger partial charge in [-0.1, -0.05) is 12.1 Å². The topological polar surface area (TPSA) is 49.8 Å². The Kier molecular flexibility index (Phi) is 5.85. The van der Waals surface area contributed by atoms with Crippen LogP contribution in [0.2, 0.25) is 0 Å². The third kappa shape index (κ3) is 4.54. The van der Waals surface area contributed by atoms with Crippen molar-refractivity contribution < 1.29 is 19.0 Å². The van der Waals surface area contributed by atoms with E-state index in [1.54, 1.807) is 11.0 Å². The van der Waals surface area contributed by atoms with Crippen LogP contribution in [0.5, 0.6) is 0 Å². The minimum absolute atomic E-state index is 0.0823. The average molecular weight is 335 g/mol. The van der Waals surface area contributed by atoms with Crippen molar-refractivity contribution in [1.29, 1.82) is 0 Å². The third-order valence-corrected chi connectivity index (χ3v) is 5.27.